The van der Waals surface area contributed by atoms with Gasteiger partial charge >= 0.3 is 17.9 Å². The van der Waals surface area contributed by atoms with E-state index < -0.39 is 6.10 Å². The summed E-state index contributed by atoms with van der Waals surface area (Å²) in [6.45, 7) is 6.57. The predicted molar refractivity (Wildman–Crippen MR) is 242 cm³/mol. The Kier molecular flexibility index (Phi) is 44.4. The summed E-state index contributed by atoms with van der Waals surface area (Å²) < 4.78 is 16.7. The van der Waals surface area contributed by atoms with Crippen molar-refractivity contribution in [1.29, 1.82) is 0 Å². The molecule has 0 spiro atoms. The highest BCUT2D eigenvalue weighted by Gasteiger charge is 2.19. The highest BCUT2D eigenvalue weighted by atomic mass is 16.6. The third-order valence-electron chi connectivity index (χ3n) is 10.6. The van der Waals surface area contributed by atoms with Gasteiger partial charge in [0.15, 0.2) is 6.10 Å². The topological polar surface area (TPSA) is 78.9 Å². The first kappa shape index (κ1) is 54.6. The van der Waals surface area contributed by atoms with E-state index in [0.717, 1.165) is 83.5 Å². The summed E-state index contributed by atoms with van der Waals surface area (Å²) in [5.74, 6) is -0.900. The van der Waals surface area contributed by atoms with Gasteiger partial charge in [0, 0.05) is 19.3 Å². The zero-order valence-electron chi connectivity index (χ0n) is 37.9. The summed E-state index contributed by atoms with van der Waals surface area (Å²) in [6.07, 6.45) is 52.7. The van der Waals surface area contributed by atoms with Gasteiger partial charge in [-0.05, 0) is 77.0 Å². The van der Waals surface area contributed by atoms with E-state index in [1.807, 2.05) is 0 Å². The van der Waals surface area contributed by atoms with Crippen molar-refractivity contribution in [2.24, 2.45) is 0 Å². The van der Waals surface area contributed by atoms with E-state index in [9.17, 15) is 14.4 Å². The molecule has 57 heavy (non-hydrogen) atoms. The van der Waals surface area contributed by atoms with Crippen LogP contribution in [-0.2, 0) is 28.6 Å². The van der Waals surface area contributed by atoms with Crippen molar-refractivity contribution < 1.29 is 28.6 Å². The van der Waals surface area contributed by atoms with Crippen LogP contribution in [0.4, 0.5) is 0 Å². The van der Waals surface area contributed by atoms with Crippen molar-refractivity contribution in [3.63, 3.8) is 0 Å². The minimum Gasteiger partial charge on any atom is -0.462 e. The monoisotopic (exact) mass is 801 g/mol. The molecule has 6 heteroatoms. The van der Waals surface area contributed by atoms with Gasteiger partial charge in [0.05, 0.1) is 0 Å². The fraction of sp³-hybridized carbons (Fsp3) is 0.824. The molecular weight excluding hydrogens is 709 g/mol. The summed E-state index contributed by atoms with van der Waals surface area (Å²) in [4.78, 5) is 37.7. The van der Waals surface area contributed by atoms with E-state index in [-0.39, 0.29) is 31.1 Å². The lowest BCUT2D eigenvalue weighted by Crippen LogP contribution is -2.30. The van der Waals surface area contributed by atoms with Gasteiger partial charge in [-0.1, -0.05) is 192 Å². The Morgan fingerprint density at radius 1 is 0.351 bits per heavy atom. The zero-order chi connectivity index (χ0) is 41.5. The molecule has 0 aromatic carbocycles. The molecule has 0 radical (unpaired) electrons. The Hall–Kier alpha value is -2.37. The van der Waals surface area contributed by atoms with Crippen LogP contribution < -0.4 is 0 Å². The molecule has 0 saturated carbocycles. The average Bonchev–Trinajstić information content (AvgIpc) is 3.21. The van der Waals surface area contributed by atoms with Gasteiger partial charge < -0.3 is 14.2 Å². The van der Waals surface area contributed by atoms with E-state index in [0.29, 0.717) is 19.3 Å². The number of hydrogen-bond donors (Lipinski definition) is 0. The lowest BCUT2D eigenvalue weighted by atomic mass is 10.1. The number of esters is 3. The molecule has 0 aromatic heterocycles. The van der Waals surface area contributed by atoms with Gasteiger partial charge in [-0.2, -0.15) is 0 Å². The van der Waals surface area contributed by atoms with Crippen LogP contribution in [0.2, 0.25) is 0 Å². The van der Waals surface area contributed by atoms with Crippen LogP contribution in [0.3, 0.4) is 0 Å². The first-order chi connectivity index (χ1) is 28.0. The van der Waals surface area contributed by atoms with Crippen molar-refractivity contribution in [3.05, 3.63) is 36.5 Å². The van der Waals surface area contributed by atoms with Crippen molar-refractivity contribution >= 4 is 17.9 Å². The van der Waals surface area contributed by atoms with Gasteiger partial charge in [0.1, 0.15) is 13.2 Å². The van der Waals surface area contributed by atoms with Crippen LogP contribution in [0, 0.1) is 0 Å². The molecule has 6 nitrogen and oxygen atoms in total. The fourth-order valence-corrected chi connectivity index (χ4v) is 6.88. The molecular formula is C51H92O6. The molecule has 1 atom stereocenters. The Bertz CT molecular complexity index is 969. The molecule has 332 valence electrons. The third-order valence-corrected chi connectivity index (χ3v) is 10.6. The first-order valence-corrected chi connectivity index (χ1v) is 24.5. The van der Waals surface area contributed by atoms with Gasteiger partial charge in [0.2, 0.25) is 0 Å². The van der Waals surface area contributed by atoms with Gasteiger partial charge in [-0.15, -0.1) is 0 Å². The minimum absolute atomic E-state index is 0.0783. The molecule has 0 saturated heterocycles. The fourth-order valence-electron chi connectivity index (χ4n) is 6.88. The predicted octanol–water partition coefficient (Wildman–Crippen LogP) is 15.8. The average molecular weight is 801 g/mol. The lowest BCUT2D eigenvalue weighted by molar-refractivity contribution is -0.167. The third kappa shape index (κ3) is 44.6. The Morgan fingerprint density at radius 3 is 1.00 bits per heavy atom. The van der Waals surface area contributed by atoms with Gasteiger partial charge in [0.25, 0.3) is 0 Å². The molecule has 0 N–H and O–H groups in total. The number of rotatable bonds is 44. The summed E-state index contributed by atoms with van der Waals surface area (Å²) in [7, 11) is 0. The molecule has 0 aromatic rings. The van der Waals surface area contributed by atoms with E-state index in [2.05, 4.69) is 57.2 Å². The van der Waals surface area contributed by atoms with Crippen LogP contribution in [0.25, 0.3) is 0 Å². The second-order valence-electron chi connectivity index (χ2n) is 16.4. The second-order valence-corrected chi connectivity index (χ2v) is 16.4. The summed E-state index contributed by atoms with van der Waals surface area (Å²) >= 11 is 0. The molecule has 0 rings (SSSR count). The maximum atomic E-state index is 12.7. The standard InChI is InChI=1S/C51H92O6/c1-4-7-10-13-16-19-21-23-25-27-28-30-32-35-38-41-44-50(53)56-47-48(46-55-49(52)43-40-37-34-18-15-12-9-6-3)57-51(54)45-42-39-36-33-31-29-26-24-22-20-17-14-11-8-5-2/h19,21,24-27,48H,4-18,20,22-23,28-47H2,1-3H3/b21-19-,26-24-,27-25-. The Morgan fingerprint density at radius 2 is 0.632 bits per heavy atom. The maximum absolute atomic E-state index is 12.7. The zero-order valence-corrected chi connectivity index (χ0v) is 37.9. The summed E-state index contributed by atoms with van der Waals surface area (Å²) in [5.41, 5.74) is 0. The molecule has 0 aliphatic rings. The molecule has 0 bridgehead atoms. The normalized spacial score (nSPS) is 12.3. The van der Waals surface area contributed by atoms with E-state index in [4.69, 9.17) is 14.2 Å². The summed E-state index contributed by atoms with van der Waals surface area (Å²) in [6, 6.07) is 0. The van der Waals surface area contributed by atoms with Crippen molar-refractivity contribution in [3.8, 4) is 0 Å². The second kappa shape index (κ2) is 46.3. The Labute approximate surface area is 353 Å². The van der Waals surface area contributed by atoms with Crippen molar-refractivity contribution in [2.75, 3.05) is 13.2 Å². The van der Waals surface area contributed by atoms with Gasteiger partial charge in [-0.3, -0.25) is 14.4 Å². The van der Waals surface area contributed by atoms with E-state index in [1.165, 1.54) is 128 Å². The number of hydrogen-bond acceptors (Lipinski definition) is 6. The number of carbonyl (C=O) groups excluding carboxylic acids is 3. The van der Waals surface area contributed by atoms with Crippen LogP contribution >= 0.6 is 0 Å². The maximum Gasteiger partial charge on any atom is 0.306 e. The molecule has 0 amide bonds. The highest BCUT2D eigenvalue weighted by Crippen LogP contribution is 2.14. The number of unbranched alkanes of at least 4 members (excludes halogenated alkanes) is 27. The number of ether oxygens (including phenoxy) is 3. The molecule has 0 fully saturated rings. The van der Waals surface area contributed by atoms with Crippen molar-refractivity contribution in [2.45, 2.75) is 258 Å². The van der Waals surface area contributed by atoms with Crippen LogP contribution in [0.15, 0.2) is 36.5 Å². The van der Waals surface area contributed by atoms with Gasteiger partial charge in [-0.25, -0.2) is 0 Å². The van der Waals surface area contributed by atoms with E-state index >= 15 is 0 Å². The van der Waals surface area contributed by atoms with Crippen LogP contribution in [0.5, 0.6) is 0 Å². The quantitative estimate of drug-likeness (QED) is 0.0264. The number of carbonyl (C=O) groups is 3. The lowest BCUT2D eigenvalue weighted by Gasteiger charge is -2.18. The minimum atomic E-state index is -0.776. The van der Waals surface area contributed by atoms with Crippen molar-refractivity contribution in [1.82, 2.24) is 0 Å². The largest absolute Gasteiger partial charge is 0.462 e. The summed E-state index contributed by atoms with van der Waals surface area (Å²) in [5, 5.41) is 0. The SMILES string of the molecule is CCCCCC/C=C\C/C=C\CCCCCCCC(=O)OCC(COC(=O)CCCCCCCCCC)OC(=O)CCCCCCC/C=C\CCCCCCCC. The first-order valence-electron chi connectivity index (χ1n) is 24.5. The molecule has 0 heterocycles. The Balaban J connectivity index is 4.34. The van der Waals surface area contributed by atoms with E-state index in [1.54, 1.807) is 0 Å². The molecule has 1 unspecified atom stereocenters. The smallest absolute Gasteiger partial charge is 0.306 e. The van der Waals surface area contributed by atoms with Crippen LogP contribution in [-0.4, -0.2) is 37.2 Å². The molecule has 0 aliphatic heterocycles. The molecule has 0 aliphatic carbocycles. The number of allylic oxidation sites excluding steroid dienone is 6. The highest BCUT2D eigenvalue weighted by molar-refractivity contribution is 5.71. The van der Waals surface area contributed by atoms with Crippen LogP contribution in [0.1, 0.15) is 252 Å².